The fourth-order valence-corrected chi connectivity index (χ4v) is 2.20. The van der Waals surface area contributed by atoms with Crippen molar-refractivity contribution in [3.8, 4) is 5.69 Å². The van der Waals surface area contributed by atoms with Crippen LogP contribution in [0.1, 0.15) is 33.3 Å². The smallest absolute Gasteiger partial charge is 0.434 e. The van der Waals surface area contributed by atoms with Crippen LogP contribution in [0.2, 0.25) is 0 Å². The average molecular weight is 367 g/mol. The van der Waals surface area contributed by atoms with Gasteiger partial charge in [-0.2, -0.15) is 18.3 Å². The van der Waals surface area contributed by atoms with E-state index < -0.39 is 23.4 Å². The number of alkyl halides is 3. The molecule has 138 valence electrons. The molecular weight excluding hydrogens is 351 g/mol. The molecule has 1 amide bonds. The van der Waals surface area contributed by atoms with Crippen LogP contribution in [0.5, 0.6) is 0 Å². The standard InChI is InChI=1S/C17H16F3N3O3/c1-3-9-21-15(24)11-5-7-12(8-6-11)23-14(17(18,19)20)13(10-22-23)16(25)26-4-2/h3,5-8,10H,1,4,9H2,2H3,(H,21,24). The predicted molar refractivity (Wildman–Crippen MR) is 87.1 cm³/mol. The molecule has 6 nitrogen and oxygen atoms in total. The molecule has 2 rings (SSSR count). The molecule has 1 N–H and O–H groups in total. The molecule has 0 unspecified atom stereocenters. The number of nitrogens with one attached hydrogen (secondary N) is 1. The van der Waals surface area contributed by atoms with Crippen molar-refractivity contribution >= 4 is 11.9 Å². The van der Waals surface area contributed by atoms with Crippen molar-refractivity contribution in [1.29, 1.82) is 0 Å². The summed E-state index contributed by atoms with van der Waals surface area (Å²) in [5, 5.41) is 6.22. The van der Waals surface area contributed by atoms with Crippen LogP contribution in [0.15, 0.2) is 43.1 Å². The van der Waals surface area contributed by atoms with Crippen molar-refractivity contribution in [2.75, 3.05) is 13.2 Å². The quantitative estimate of drug-likeness (QED) is 0.629. The van der Waals surface area contributed by atoms with E-state index in [2.05, 4.69) is 21.7 Å². The second-order valence-corrected chi connectivity index (χ2v) is 5.08. The summed E-state index contributed by atoms with van der Waals surface area (Å²) >= 11 is 0. The number of aromatic nitrogens is 2. The maximum Gasteiger partial charge on any atom is 0.434 e. The lowest BCUT2D eigenvalue weighted by Crippen LogP contribution is -2.23. The minimum absolute atomic E-state index is 0.0492. The number of carbonyl (C=O) groups is 2. The Morgan fingerprint density at radius 2 is 1.96 bits per heavy atom. The number of esters is 1. The Bertz CT molecular complexity index is 811. The molecule has 0 aliphatic heterocycles. The lowest BCUT2D eigenvalue weighted by molar-refractivity contribution is -0.143. The minimum atomic E-state index is -4.82. The van der Waals surface area contributed by atoms with Gasteiger partial charge in [0.05, 0.1) is 18.5 Å². The van der Waals surface area contributed by atoms with Crippen LogP contribution in [0.3, 0.4) is 0 Å². The molecule has 0 bridgehead atoms. The van der Waals surface area contributed by atoms with Gasteiger partial charge in [-0.05, 0) is 31.2 Å². The van der Waals surface area contributed by atoms with E-state index in [0.29, 0.717) is 4.68 Å². The first-order valence-corrected chi connectivity index (χ1v) is 7.61. The van der Waals surface area contributed by atoms with Crippen LogP contribution in [0.4, 0.5) is 13.2 Å². The van der Waals surface area contributed by atoms with Gasteiger partial charge in [-0.25, -0.2) is 9.48 Å². The highest BCUT2D eigenvalue weighted by Gasteiger charge is 2.41. The van der Waals surface area contributed by atoms with Crippen molar-refractivity contribution in [3.63, 3.8) is 0 Å². The second kappa shape index (κ2) is 7.85. The van der Waals surface area contributed by atoms with E-state index in [4.69, 9.17) is 0 Å². The molecule has 1 heterocycles. The van der Waals surface area contributed by atoms with Crippen molar-refractivity contribution in [2.24, 2.45) is 0 Å². The molecule has 0 radical (unpaired) electrons. The third-order valence-corrected chi connectivity index (χ3v) is 3.31. The molecule has 2 aromatic rings. The maximum atomic E-state index is 13.4. The van der Waals surface area contributed by atoms with Crippen molar-refractivity contribution in [1.82, 2.24) is 15.1 Å². The third-order valence-electron chi connectivity index (χ3n) is 3.31. The Labute approximate surface area is 147 Å². The summed E-state index contributed by atoms with van der Waals surface area (Å²) in [5.41, 5.74) is -1.60. The van der Waals surface area contributed by atoms with Gasteiger partial charge in [0.15, 0.2) is 5.69 Å². The van der Waals surface area contributed by atoms with E-state index in [1.807, 2.05) is 0 Å². The Morgan fingerprint density at radius 1 is 1.31 bits per heavy atom. The fraction of sp³-hybridized carbons (Fsp3) is 0.235. The molecule has 0 aliphatic rings. The third kappa shape index (κ3) is 4.11. The van der Waals surface area contributed by atoms with Crippen LogP contribution < -0.4 is 5.32 Å². The summed E-state index contributed by atoms with van der Waals surface area (Å²) in [6, 6.07) is 5.33. The molecule has 1 aromatic carbocycles. The number of amides is 1. The van der Waals surface area contributed by atoms with Crippen molar-refractivity contribution in [3.05, 3.63) is 59.9 Å². The van der Waals surface area contributed by atoms with Gasteiger partial charge in [-0.1, -0.05) is 6.08 Å². The normalized spacial score (nSPS) is 11.1. The number of rotatable bonds is 6. The number of benzene rings is 1. The predicted octanol–water partition coefficient (Wildman–Crippen LogP) is 2.98. The van der Waals surface area contributed by atoms with E-state index >= 15 is 0 Å². The topological polar surface area (TPSA) is 73.2 Å². The number of halogens is 3. The number of ether oxygens (including phenoxy) is 1. The molecule has 1 aromatic heterocycles. The Morgan fingerprint density at radius 3 is 2.50 bits per heavy atom. The van der Waals surface area contributed by atoms with Crippen LogP contribution in [-0.2, 0) is 10.9 Å². The lowest BCUT2D eigenvalue weighted by atomic mass is 10.2. The lowest BCUT2D eigenvalue weighted by Gasteiger charge is -2.12. The summed E-state index contributed by atoms with van der Waals surface area (Å²) in [6.45, 7) is 5.17. The van der Waals surface area contributed by atoms with Crippen LogP contribution in [0.25, 0.3) is 5.69 Å². The molecule has 0 spiro atoms. The molecule has 0 saturated carbocycles. The zero-order valence-corrected chi connectivity index (χ0v) is 13.8. The monoisotopic (exact) mass is 367 g/mol. The fourth-order valence-electron chi connectivity index (χ4n) is 2.20. The van der Waals surface area contributed by atoms with Gasteiger partial charge in [0.1, 0.15) is 5.56 Å². The van der Waals surface area contributed by atoms with E-state index in [-0.39, 0.29) is 30.3 Å². The van der Waals surface area contributed by atoms with Crippen LogP contribution >= 0.6 is 0 Å². The van der Waals surface area contributed by atoms with Gasteiger partial charge in [-0.3, -0.25) is 4.79 Å². The Hall–Kier alpha value is -3.10. The molecule has 9 heteroatoms. The van der Waals surface area contributed by atoms with Crippen LogP contribution in [-0.4, -0.2) is 34.8 Å². The Kier molecular flexibility index (Phi) is 5.81. The molecule has 0 fully saturated rings. The van der Waals surface area contributed by atoms with Gasteiger partial charge < -0.3 is 10.1 Å². The van der Waals surface area contributed by atoms with Crippen molar-refractivity contribution < 1.29 is 27.5 Å². The number of hydrogen-bond donors (Lipinski definition) is 1. The summed E-state index contributed by atoms with van der Waals surface area (Å²) < 4.78 is 45.5. The largest absolute Gasteiger partial charge is 0.462 e. The van der Waals surface area contributed by atoms with Gasteiger partial charge in [-0.15, -0.1) is 6.58 Å². The summed E-state index contributed by atoms with van der Waals surface area (Å²) in [7, 11) is 0. The molecule has 26 heavy (non-hydrogen) atoms. The van der Waals surface area contributed by atoms with Crippen molar-refractivity contribution in [2.45, 2.75) is 13.1 Å². The van der Waals surface area contributed by atoms with Gasteiger partial charge in [0, 0.05) is 12.1 Å². The first-order chi connectivity index (χ1) is 12.3. The van der Waals surface area contributed by atoms with E-state index in [9.17, 15) is 22.8 Å². The second-order valence-electron chi connectivity index (χ2n) is 5.08. The highest BCUT2D eigenvalue weighted by Crippen LogP contribution is 2.34. The summed E-state index contributed by atoms with van der Waals surface area (Å²) in [6.07, 6.45) is -2.51. The SMILES string of the molecule is C=CCNC(=O)c1ccc(-n2ncc(C(=O)OCC)c2C(F)(F)F)cc1. The number of nitrogens with zero attached hydrogens (tertiary/aromatic N) is 2. The maximum absolute atomic E-state index is 13.4. The zero-order valence-electron chi connectivity index (χ0n) is 13.8. The molecule has 0 atom stereocenters. The average Bonchev–Trinajstić information content (AvgIpc) is 3.05. The summed E-state index contributed by atoms with van der Waals surface area (Å²) in [5.74, 6) is -1.49. The van der Waals surface area contributed by atoms with Crippen LogP contribution in [0, 0.1) is 0 Å². The first kappa shape index (κ1) is 19.2. The Balaban J connectivity index is 2.41. The van der Waals surface area contributed by atoms with E-state index in [1.165, 1.54) is 37.3 Å². The molecular formula is C17H16F3N3O3. The zero-order chi connectivity index (χ0) is 19.3. The minimum Gasteiger partial charge on any atom is -0.462 e. The molecule has 0 aliphatic carbocycles. The van der Waals surface area contributed by atoms with Gasteiger partial charge >= 0.3 is 12.1 Å². The molecule has 0 saturated heterocycles. The first-order valence-electron chi connectivity index (χ1n) is 7.61. The highest BCUT2D eigenvalue weighted by atomic mass is 19.4. The van der Waals surface area contributed by atoms with Gasteiger partial charge in [0.2, 0.25) is 0 Å². The van der Waals surface area contributed by atoms with Gasteiger partial charge in [0.25, 0.3) is 5.91 Å². The number of hydrogen-bond acceptors (Lipinski definition) is 4. The van der Waals surface area contributed by atoms with E-state index in [0.717, 1.165) is 6.20 Å². The summed E-state index contributed by atoms with van der Waals surface area (Å²) in [4.78, 5) is 23.6. The van der Waals surface area contributed by atoms with E-state index in [1.54, 1.807) is 0 Å². The highest BCUT2D eigenvalue weighted by molar-refractivity contribution is 5.94. The number of carbonyl (C=O) groups excluding carboxylic acids is 2.